The molecular weight excluding hydrogens is 530 g/mol. The molecule has 0 amide bonds. The third-order valence-electron chi connectivity index (χ3n) is 8.61. The number of H-pyrrole nitrogens is 1. The van der Waals surface area contributed by atoms with Gasteiger partial charge in [0.15, 0.2) is 0 Å². The molecule has 2 atom stereocenters. The summed E-state index contributed by atoms with van der Waals surface area (Å²) < 4.78 is 13.0. The fraction of sp³-hybridized carbons (Fsp3) is 0.552. The van der Waals surface area contributed by atoms with Crippen LogP contribution in [0.15, 0.2) is 33.8 Å². The summed E-state index contributed by atoms with van der Waals surface area (Å²) in [6.07, 6.45) is 9.32. The number of nitrogens with zero attached hydrogens (tertiary/aromatic N) is 6. The molecule has 5 heterocycles. The number of ether oxygens (including phenoxy) is 1. The van der Waals surface area contributed by atoms with Crippen molar-refractivity contribution in [3.63, 3.8) is 0 Å². The molecule has 11 heteroatoms. The minimum Gasteiger partial charge on any atom is -0.380 e. The fourth-order valence-electron chi connectivity index (χ4n) is 6.37. The van der Waals surface area contributed by atoms with Gasteiger partial charge in [-0.2, -0.15) is 0 Å². The molecule has 6 rings (SSSR count). The molecule has 2 fully saturated rings. The third-order valence-corrected chi connectivity index (χ3v) is 8.81. The normalized spacial score (nSPS) is 23.5. The zero-order valence-electron chi connectivity index (χ0n) is 23.4. The Balaban J connectivity index is 1.58. The summed E-state index contributed by atoms with van der Waals surface area (Å²) in [6, 6.07) is 4.03. The predicted octanol–water partition coefficient (Wildman–Crippen LogP) is 5.57. The van der Waals surface area contributed by atoms with Crippen molar-refractivity contribution in [2.75, 3.05) is 18.6 Å². The average molecular weight is 566 g/mol. The van der Waals surface area contributed by atoms with Crippen molar-refractivity contribution < 1.29 is 9.26 Å². The summed E-state index contributed by atoms with van der Waals surface area (Å²) in [7, 11) is 1.79. The molecule has 1 saturated heterocycles. The van der Waals surface area contributed by atoms with Gasteiger partial charge in [0.05, 0.1) is 27.9 Å². The summed E-state index contributed by atoms with van der Waals surface area (Å²) in [5.74, 6) is 2.28. The lowest BCUT2D eigenvalue weighted by Gasteiger charge is -2.31. The number of aromatic nitrogens is 6. The molecule has 0 aromatic carbocycles. The smallest absolute Gasteiger partial charge is 0.380 e. The fourth-order valence-corrected chi connectivity index (χ4v) is 6.54. The van der Waals surface area contributed by atoms with Crippen LogP contribution in [0.2, 0.25) is 5.02 Å². The molecule has 0 radical (unpaired) electrons. The third kappa shape index (κ3) is 5.14. The summed E-state index contributed by atoms with van der Waals surface area (Å²) in [5.41, 5.74) is 3.62. The van der Waals surface area contributed by atoms with Crippen LogP contribution in [-0.4, -0.2) is 55.5 Å². The maximum absolute atomic E-state index is 11.8. The van der Waals surface area contributed by atoms with Crippen LogP contribution in [0.25, 0.3) is 33.8 Å². The standard InChI is InChI=1S/C29H36ClN7O3/c1-16(2)24-10-21(39-4)15-36(24)28-33-22-11-23(27-34-29(38)40-35-27)32-25(19-9-20(30)13-31-12-19)26(22)37(28)14-18-7-5-17(3)6-8-18/h9,11-13,16-18,21,24H,5-8,10,14-15H2,1-4H3,(H,34,35,38)/t17?,18?,21-,24+/m0/s1. The van der Waals surface area contributed by atoms with Gasteiger partial charge in [-0.25, -0.2) is 14.8 Å². The van der Waals surface area contributed by atoms with E-state index in [4.69, 9.17) is 30.8 Å². The Morgan fingerprint density at radius 3 is 2.65 bits per heavy atom. The number of fused-ring (bicyclic) bond motifs is 1. The van der Waals surface area contributed by atoms with E-state index in [2.05, 4.69) is 45.4 Å². The van der Waals surface area contributed by atoms with E-state index >= 15 is 0 Å². The number of hydrogen-bond acceptors (Lipinski definition) is 8. The van der Waals surface area contributed by atoms with Crippen LogP contribution in [0.5, 0.6) is 0 Å². The number of halogens is 1. The van der Waals surface area contributed by atoms with Gasteiger partial charge in [0.2, 0.25) is 11.8 Å². The number of aromatic amines is 1. The highest BCUT2D eigenvalue weighted by Gasteiger charge is 2.38. The van der Waals surface area contributed by atoms with Crippen molar-refractivity contribution in [2.45, 2.75) is 71.6 Å². The van der Waals surface area contributed by atoms with E-state index in [1.807, 2.05) is 12.1 Å². The summed E-state index contributed by atoms with van der Waals surface area (Å²) in [6.45, 7) is 8.49. The van der Waals surface area contributed by atoms with Gasteiger partial charge >= 0.3 is 5.76 Å². The topological polar surface area (TPSA) is 115 Å². The average Bonchev–Trinajstić information content (AvgIpc) is 3.66. The number of rotatable bonds is 7. The van der Waals surface area contributed by atoms with Crippen LogP contribution in [0.3, 0.4) is 0 Å². The summed E-state index contributed by atoms with van der Waals surface area (Å²) >= 11 is 6.40. The van der Waals surface area contributed by atoms with Crippen molar-refractivity contribution in [2.24, 2.45) is 17.8 Å². The lowest BCUT2D eigenvalue weighted by molar-refractivity contribution is 0.116. The van der Waals surface area contributed by atoms with Crippen LogP contribution in [0.4, 0.5) is 5.95 Å². The first-order valence-electron chi connectivity index (χ1n) is 14.2. The Morgan fingerprint density at radius 1 is 1.18 bits per heavy atom. The van der Waals surface area contributed by atoms with E-state index in [1.165, 1.54) is 25.7 Å². The van der Waals surface area contributed by atoms with Gasteiger partial charge in [0, 0.05) is 44.2 Å². The van der Waals surface area contributed by atoms with E-state index in [1.54, 1.807) is 19.5 Å². The minimum atomic E-state index is -0.636. The Hall–Kier alpha value is -3.24. The number of pyridine rings is 2. The highest BCUT2D eigenvalue weighted by atomic mass is 35.5. The van der Waals surface area contributed by atoms with Crippen molar-refractivity contribution in [1.82, 2.24) is 29.7 Å². The SMILES string of the molecule is CO[C@H]1C[C@H](C(C)C)N(c2nc3cc(-c4noc(=O)[nH]4)nc(-c4cncc(Cl)c4)c3n2CC2CCC(C)CC2)C1. The number of hydrogen-bond donors (Lipinski definition) is 1. The van der Waals surface area contributed by atoms with Crippen LogP contribution in [0.1, 0.15) is 52.9 Å². The molecule has 0 bridgehead atoms. The molecule has 4 aromatic heterocycles. The molecule has 2 aliphatic rings. The lowest BCUT2D eigenvalue weighted by Crippen LogP contribution is -2.36. The molecule has 40 heavy (non-hydrogen) atoms. The number of imidazole rings is 1. The first-order chi connectivity index (χ1) is 19.3. The Morgan fingerprint density at radius 2 is 1.98 bits per heavy atom. The van der Waals surface area contributed by atoms with Gasteiger partial charge in [0.1, 0.15) is 5.69 Å². The minimum absolute atomic E-state index is 0.140. The maximum atomic E-state index is 11.8. The van der Waals surface area contributed by atoms with Gasteiger partial charge in [-0.15, -0.1) is 0 Å². The number of methoxy groups -OCH3 is 1. The Kier molecular flexibility index (Phi) is 7.39. The molecule has 1 saturated carbocycles. The molecule has 0 spiro atoms. The van der Waals surface area contributed by atoms with Gasteiger partial charge < -0.3 is 14.2 Å². The molecule has 4 aromatic rings. The zero-order chi connectivity index (χ0) is 28.0. The number of anilines is 1. The molecule has 10 nitrogen and oxygen atoms in total. The zero-order valence-corrected chi connectivity index (χ0v) is 24.2. The first-order valence-corrected chi connectivity index (χ1v) is 14.6. The molecule has 1 aliphatic carbocycles. The Bertz CT molecular complexity index is 1550. The van der Waals surface area contributed by atoms with E-state index in [9.17, 15) is 4.79 Å². The second-order valence-electron chi connectivity index (χ2n) is 11.8. The second kappa shape index (κ2) is 11.0. The number of nitrogens with one attached hydrogen (secondary N) is 1. The molecule has 1 N–H and O–H groups in total. The monoisotopic (exact) mass is 565 g/mol. The van der Waals surface area contributed by atoms with E-state index in [0.29, 0.717) is 34.3 Å². The van der Waals surface area contributed by atoms with Crippen molar-refractivity contribution >= 4 is 28.6 Å². The van der Waals surface area contributed by atoms with Crippen molar-refractivity contribution in [1.29, 1.82) is 0 Å². The van der Waals surface area contributed by atoms with E-state index in [0.717, 1.165) is 48.0 Å². The predicted molar refractivity (Wildman–Crippen MR) is 154 cm³/mol. The highest BCUT2D eigenvalue weighted by Crippen LogP contribution is 2.39. The van der Waals surface area contributed by atoms with Gasteiger partial charge in [-0.3, -0.25) is 14.5 Å². The Labute approximate surface area is 238 Å². The summed E-state index contributed by atoms with van der Waals surface area (Å²) in [5, 5.41) is 4.42. The first kappa shape index (κ1) is 27.0. The van der Waals surface area contributed by atoms with Gasteiger partial charge in [-0.1, -0.05) is 50.4 Å². The largest absolute Gasteiger partial charge is 0.439 e. The highest BCUT2D eigenvalue weighted by molar-refractivity contribution is 6.30. The molecule has 212 valence electrons. The van der Waals surface area contributed by atoms with Gasteiger partial charge in [0.25, 0.3) is 0 Å². The van der Waals surface area contributed by atoms with Crippen molar-refractivity contribution in [3.8, 4) is 22.8 Å². The molecule has 1 aliphatic heterocycles. The van der Waals surface area contributed by atoms with Crippen LogP contribution >= 0.6 is 11.6 Å². The van der Waals surface area contributed by atoms with E-state index < -0.39 is 5.76 Å². The van der Waals surface area contributed by atoms with Crippen molar-refractivity contribution in [3.05, 3.63) is 40.1 Å². The quantitative estimate of drug-likeness (QED) is 0.309. The second-order valence-corrected chi connectivity index (χ2v) is 12.2. The van der Waals surface area contributed by atoms with E-state index in [-0.39, 0.29) is 11.9 Å². The molecular formula is C29H36ClN7O3. The van der Waals surface area contributed by atoms with Crippen LogP contribution in [0, 0.1) is 17.8 Å². The maximum Gasteiger partial charge on any atom is 0.439 e. The van der Waals surface area contributed by atoms with Gasteiger partial charge in [-0.05, 0) is 49.1 Å². The van der Waals surface area contributed by atoms with Crippen LogP contribution in [-0.2, 0) is 11.3 Å². The van der Waals surface area contributed by atoms with Crippen LogP contribution < -0.4 is 10.7 Å². The molecule has 0 unspecified atom stereocenters. The lowest BCUT2D eigenvalue weighted by atomic mass is 9.83. The summed E-state index contributed by atoms with van der Waals surface area (Å²) in [4.78, 5) is 31.4.